The highest BCUT2D eigenvalue weighted by Crippen LogP contribution is 2.45. The lowest BCUT2D eigenvalue weighted by Crippen LogP contribution is -2.53. The molecule has 4 unspecified atom stereocenters. The van der Waals surface area contributed by atoms with Gasteiger partial charge in [0.1, 0.15) is 11.7 Å². The number of piperazine rings is 1. The largest absolute Gasteiger partial charge is 0.446 e. The van der Waals surface area contributed by atoms with Crippen LogP contribution < -0.4 is 27.4 Å². The third-order valence-electron chi connectivity index (χ3n) is 9.70. The molecule has 1 saturated heterocycles. The predicted molar refractivity (Wildman–Crippen MR) is 257 cm³/mol. The average molecular weight is 908 g/mol. The Labute approximate surface area is 381 Å². The number of methoxy groups -OCH3 is 1. The number of primary amides is 1. The molecule has 62 heavy (non-hydrogen) atoms. The number of aryl methyl sites for hydroxylation is 1. The van der Waals surface area contributed by atoms with Gasteiger partial charge in [-0.3, -0.25) is 9.69 Å². The van der Waals surface area contributed by atoms with Crippen molar-refractivity contribution in [2.45, 2.75) is 111 Å². The van der Waals surface area contributed by atoms with Crippen molar-refractivity contribution in [2.75, 3.05) is 53.3 Å². The molecule has 17 heteroatoms. The number of imidazole rings is 1. The van der Waals surface area contributed by atoms with Gasteiger partial charge in [-0.2, -0.15) is 0 Å². The van der Waals surface area contributed by atoms with Crippen LogP contribution in [0.25, 0.3) is 5.57 Å². The predicted octanol–water partition coefficient (Wildman–Crippen LogP) is 7.37. The van der Waals surface area contributed by atoms with E-state index in [4.69, 9.17) is 26.8 Å². The van der Waals surface area contributed by atoms with E-state index in [9.17, 15) is 14.4 Å². The van der Waals surface area contributed by atoms with E-state index in [0.29, 0.717) is 56.6 Å². The normalized spacial score (nSPS) is 18.2. The van der Waals surface area contributed by atoms with Gasteiger partial charge in [-0.15, -0.1) is 11.6 Å². The molecule has 2 aliphatic carbocycles. The molecule has 7 N–H and O–H groups in total. The van der Waals surface area contributed by atoms with Gasteiger partial charge in [-0.1, -0.05) is 71.5 Å². The van der Waals surface area contributed by atoms with E-state index in [1.54, 1.807) is 44.0 Å². The number of nitrogens with one attached hydrogen (secondary N) is 3. The number of alkyl halides is 1. The Morgan fingerprint density at radius 3 is 2.11 bits per heavy atom. The number of carbonyl (C=O) groups excluding carboxylic acids is 3. The summed E-state index contributed by atoms with van der Waals surface area (Å²) in [5.41, 5.74) is 13.4. The highest BCUT2D eigenvalue weighted by Gasteiger charge is 2.51. The maximum Gasteiger partial charge on any atom is 0.410 e. The average Bonchev–Trinajstić information content (AvgIpc) is 3.98. The number of halogens is 2. The molecule has 1 aliphatic heterocycles. The van der Waals surface area contributed by atoms with Crippen LogP contribution in [-0.4, -0.2) is 121 Å². The van der Waals surface area contributed by atoms with Crippen LogP contribution in [0.2, 0.25) is 5.02 Å². The van der Waals surface area contributed by atoms with Crippen LogP contribution in [0.15, 0.2) is 66.7 Å². The van der Waals surface area contributed by atoms with Crippen LogP contribution in [0.5, 0.6) is 0 Å². The summed E-state index contributed by atoms with van der Waals surface area (Å²) in [6, 6.07) is 4.83. The van der Waals surface area contributed by atoms with E-state index in [2.05, 4.69) is 67.4 Å². The lowest BCUT2D eigenvalue weighted by atomic mass is 9.89. The summed E-state index contributed by atoms with van der Waals surface area (Å²) in [5.74, 6) is -0.164. The van der Waals surface area contributed by atoms with Crippen molar-refractivity contribution in [1.82, 2.24) is 35.3 Å². The fourth-order valence-corrected chi connectivity index (χ4v) is 6.47. The topological polar surface area (TPSA) is 194 Å². The SMILES string of the molecule is C=CNC1C(=C)C=C(C(NC(=O)C2(OC)CC2)c2cncn2C)c2cc(Cl)ccc2C1N1CCN(C(=O)OC(C)CC)CC1.CC.CC(C)N.CC=NC.CCNC(N)=O.CCl. The van der Waals surface area contributed by atoms with Crippen molar-refractivity contribution < 1.29 is 23.9 Å². The van der Waals surface area contributed by atoms with E-state index in [-0.39, 0.29) is 30.2 Å². The van der Waals surface area contributed by atoms with Crippen LogP contribution in [0.3, 0.4) is 0 Å². The van der Waals surface area contributed by atoms with Crippen molar-refractivity contribution >= 4 is 53.0 Å². The number of benzene rings is 1. The minimum absolute atomic E-state index is 0.125. The number of fused-ring (bicyclic) bond motifs is 1. The Morgan fingerprint density at radius 2 is 1.69 bits per heavy atom. The monoisotopic (exact) mass is 907 g/mol. The second-order valence-corrected chi connectivity index (χ2v) is 15.0. The molecule has 4 amide bonds. The Hall–Kier alpha value is -4.41. The van der Waals surface area contributed by atoms with Gasteiger partial charge in [0.25, 0.3) is 5.91 Å². The van der Waals surface area contributed by atoms with Crippen molar-refractivity contribution in [3.63, 3.8) is 0 Å². The zero-order chi connectivity index (χ0) is 47.6. The van der Waals surface area contributed by atoms with E-state index < -0.39 is 17.7 Å². The highest BCUT2D eigenvalue weighted by atomic mass is 35.5. The van der Waals surface area contributed by atoms with Crippen molar-refractivity contribution in [3.05, 3.63) is 83.6 Å². The quantitative estimate of drug-likeness (QED) is 0.113. The molecule has 15 nitrogen and oxygen atoms in total. The molecular formula is C45H76Cl2N10O5. The van der Waals surface area contributed by atoms with Crippen molar-refractivity contribution in [2.24, 2.45) is 23.5 Å². The van der Waals surface area contributed by atoms with E-state index in [1.165, 1.54) is 6.38 Å². The third-order valence-corrected chi connectivity index (χ3v) is 9.93. The fourth-order valence-electron chi connectivity index (χ4n) is 6.30. The summed E-state index contributed by atoms with van der Waals surface area (Å²) >= 11 is 11.3. The van der Waals surface area contributed by atoms with Crippen LogP contribution in [-0.2, 0) is 21.3 Å². The molecule has 2 heterocycles. The second-order valence-electron chi connectivity index (χ2n) is 14.5. The van der Waals surface area contributed by atoms with E-state index in [1.807, 2.05) is 85.2 Å². The highest BCUT2D eigenvalue weighted by molar-refractivity contribution is 6.30. The first kappa shape index (κ1) is 57.6. The van der Waals surface area contributed by atoms with Crippen molar-refractivity contribution in [1.29, 1.82) is 0 Å². The molecular weight excluding hydrogens is 831 g/mol. The number of ether oxygens (including phenoxy) is 2. The smallest absolute Gasteiger partial charge is 0.410 e. The Balaban J connectivity index is 0.00000176. The number of aromatic nitrogens is 2. The first-order valence-electron chi connectivity index (χ1n) is 21.2. The number of hydrogen-bond donors (Lipinski definition) is 5. The number of rotatable bonds is 11. The molecule has 350 valence electrons. The number of hydrogen-bond acceptors (Lipinski definition) is 10. The zero-order valence-electron chi connectivity index (χ0n) is 39.3. The van der Waals surface area contributed by atoms with Gasteiger partial charge in [-0.25, -0.2) is 14.6 Å². The minimum atomic E-state index is -0.818. The van der Waals surface area contributed by atoms with Crippen LogP contribution in [0.4, 0.5) is 9.59 Å². The summed E-state index contributed by atoms with van der Waals surface area (Å²) in [6.45, 7) is 26.9. The molecule has 2 fully saturated rings. The molecule has 1 aromatic heterocycles. The number of nitrogens with two attached hydrogens (primary N) is 2. The second kappa shape index (κ2) is 30.6. The van der Waals surface area contributed by atoms with Gasteiger partial charge in [0.15, 0.2) is 0 Å². The number of nitrogens with zero attached hydrogens (tertiary/aromatic N) is 5. The summed E-state index contributed by atoms with van der Waals surface area (Å²) in [7, 11) is 5.24. The minimum Gasteiger partial charge on any atom is -0.446 e. The number of aliphatic imine (C=N–C) groups is 1. The Bertz CT molecular complexity index is 1720. The Kier molecular flexibility index (Phi) is 28.4. The molecule has 4 atom stereocenters. The molecule has 2 aromatic rings. The zero-order valence-corrected chi connectivity index (χ0v) is 40.8. The maximum atomic E-state index is 13.6. The van der Waals surface area contributed by atoms with Crippen LogP contribution in [0.1, 0.15) is 104 Å². The first-order chi connectivity index (χ1) is 29.5. The summed E-state index contributed by atoms with van der Waals surface area (Å²) in [6.07, 6.45) is 12.2. The van der Waals surface area contributed by atoms with E-state index >= 15 is 0 Å². The van der Waals surface area contributed by atoms with Crippen LogP contribution in [0, 0.1) is 0 Å². The third kappa shape index (κ3) is 18.1. The fraction of sp³-hybridized carbons (Fsp3) is 0.578. The lowest BCUT2D eigenvalue weighted by molar-refractivity contribution is -0.134. The molecule has 0 radical (unpaired) electrons. The molecule has 3 aliphatic rings. The van der Waals surface area contributed by atoms with Crippen molar-refractivity contribution in [3.8, 4) is 0 Å². The lowest BCUT2D eigenvalue weighted by Gasteiger charge is -2.42. The van der Waals surface area contributed by atoms with Gasteiger partial charge in [0.05, 0.1) is 36.3 Å². The number of urea groups is 1. The number of amides is 4. The summed E-state index contributed by atoms with van der Waals surface area (Å²) in [4.78, 5) is 48.2. The Morgan fingerprint density at radius 1 is 1.11 bits per heavy atom. The molecule has 5 rings (SSSR count). The van der Waals surface area contributed by atoms with Gasteiger partial charge >= 0.3 is 12.1 Å². The maximum absolute atomic E-state index is 13.6. The summed E-state index contributed by atoms with van der Waals surface area (Å²) in [5, 5.41) is 9.66. The summed E-state index contributed by atoms with van der Waals surface area (Å²) < 4.78 is 13.1. The molecule has 1 saturated carbocycles. The molecule has 0 spiro atoms. The van der Waals surface area contributed by atoms with Gasteiger partial charge in [0, 0.05) is 65.3 Å². The van der Waals surface area contributed by atoms with Gasteiger partial charge < -0.3 is 51.4 Å². The molecule has 0 bridgehead atoms. The van der Waals surface area contributed by atoms with Gasteiger partial charge in [0.2, 0.25) is 0 Å². The number of carbonyl (C=O) groups is 3. The van der Waals surface area contributed by atoms with Crippen LogP contribution >= 0.6 is 23.2 Å². The standard InChI is InChI=1S/C33H43ClN6O4.C3H8N2O.C3H7N.C3H9N.C2H6.CH3Cl/c1-7-22(4)44-32(42)40-15-13-39(14-16-40)30-24-10-9-23(34)18-25(24)26(17-21(3)28(30)36-8-2)29(27-19-35-20-38(27)5)37-31(41)33(43-6)11-12-33;1-2-5-3(4)6;1-3-4-2;1-3(2)4;2*1-2/h8-10,17-20,22,28-30,36H,2-3,7,11-16H2,1,4-6H3,(H,37,41);2H2,1H3,(H3,4,5,6);3H,1-2H3;3H,4H2,1-2H3;1-2H3;1H3. The molecule has 1 aromatic carbocycles. The van der Waals surface area contributed by atoms with Gasteiger partial charge in [-0.05, 0) is 92.9 Å². The first-order valence-corrected chi connectivity index (χ1v) is 22.3. The van der Waals surface area contributed by atoms with E-state index in [0.717, 1.165) is 34.4 Å².